The summed E-state index contributed by atoms with van der Waals surface area (Å²) in [6.07, 6.45) is 4.64. The zero-order chi connectivity index (χ0) is 13.5. The highest BCUT2D eigenvalue weighted by atomic mass is 35.5. The van der Waals surface area contributed by atoms with Crippen molar-refractivity contribution >= 4 is 34.8 Å². The van der Waals surface area contributed by atoms with Crippen molar-refractivity contribution in [1.29, 1.82) is 0 Å². The van der Waals surface area contributed by atoms with Crippen LogP contribution in [0.25, 0.3) is 0 Å². The number of rotatable bonds is 5. The Labute approximate surface area is 118 Å². The van der Waals surface area contributed by atoms with Crippen molar-refractivity contribution in [1.82, 2.24) is 0 Å². The first kappa shape index (κ1) is 15.1. The molecule has 1 rings (SSSR count). The van der Waals surface area contributed by atoms with Gasteiger partial charge in [-0.2, -0.15) is 0 Å². The Balaban J connectivity index is 2.76. The minimum absolute atomic E-state index is 0.0793. The van der Waals surface area contributed by atoms with Gasteiger partial charge in [-0.15, -0.1) is 0 Å². The third kappa shape index (κ3) is 4.35. The Morgan fingerprint density at radius 1 is 1.28 bits per heavy atom. The van der Waals surface area contributed by atoms with Crippen LogP contribution in [-0.4, -0.2) is 5.91 Å². The largest absolute Gasteiger partial charge is 0.322 e. The topological polar surface area (TPSA) is 29.1 Å². The second-order valence-electron chi connectivity index (χ2n) is 3.95. The summed E-state index contributed by atoms with van der Waals surface area (Å²) in [5, 5.41) is 3.73. The fraction of sp³-hybridized carbons (Fsp3) is 0.357. The van der Waals surface area contributed by atoms with Gasteiger partial charge in [-0.1, -0.05) is 49.5 Å². The van der Waals surface area contributed by atoms with E-state index < -0.39 is 0 Å². The molecule has 0 saturated heterocycles. The van der Waals surface area contributed by atoms with Crippen LogP contribution in [0.1, 0.15) is 33.1 Å². The second-order valence-corrected chi connectivity index (χ2v) is 4.77. The highest BCUT2D eigenvalue weighted by Gasteiger charge is 2.08. The zero-order valence-corrected chi connectivity index (χ0v) is 12.1. The molecule has 0 unspecified atom stereocenters. The molecule has 0 aliphatic rings. The smallest absolute Gasteiger partial charge is 0.251 e. The van der Waals surface area contributed by atoms with E-state index in [-0.39, 0.29) is 5.91 Å². The van der Waals surface area contributed by atoms with Gasteiger partial charge in [0, 0.05) is 11.3 Å². The van der Waals surface area contributed by atoms with Crippen LogP contribution in [0.5, 0.6) is 0 Å². The molecule has 0 aromatic heterocycles. The maximum atomic E-state index is 12.0. The predicted molar refractivity (Wildman–Crippen MR) is 78.4 cm³/mol. The number of allylic oxidation sites excluding steroid dienone is 1. The lowest BCUT2D eigenvalue weighted by molar-refractivity contribution is -0.113. The normalized spacial score (nSPS) is 11.4. The number of benzene rings is 1. The SMILES string of the molecule is CCC/C=C(\CC)C(=O)Nc1ccc(Cl)c(Cl)c1. The van der Waals surface area contributed by atoms with Crippen LogP contribution in [0.4, 0.5) is 5.69 Å². The van der Waals surface area contributed by atoms with Crippen LogP contribution in [0.15, 0.2) is 29.8 Å². The third-order valence-electron chi connectivity index (χ3n) is 2.53. The lowest BCUT2D eigenvalue weighted by atomic mass is 10.1. The van der Waals surface area contributed by atoms with Gasteiger partial charge in [-0.05, 0) is 31.0 Å². The monoisotopic (exact) mass is 285 g/mol. The predicted octanol–water partition coefficient (Wildman–Crippen LogP) is 5.07. The molecule has 0 aliphatic heterocycles. The number of hydrogen-bond donors (Lipinski definition) is 1. The maximum absolute atomic E-state index is 12.0. The van der Waals surface area contributed by atoms with E-state index in [1.807, 2.05) is 13.0 Å². The molecule has 0 heterocycles. The van der Waals surface area contributed by atoms with Crippen LogP contribution in [0.2, 0.25) is 10.0 Å². The van der Waals surface area contributed by atoms with Gasteiger partial charge in [0.25, 0.3) is 5.91 Å². The van der Waals surface area contributed by atoms with Crippen molar-refractivity contribution < 1.29 is 4.79 Å². The van der Waals surface area contributed by atoms with Crippen LogP contribution in [0.3, 0.4) is 0 Å². The van der Waals surface area contributed by atoms with Gasteiger partial charge in [0.2, 0.25) is 0 Å². The number of unbranched alkanes of at least 4 members (excludes halogenated alkanes) is 1. The fourth-order valence-electron chi connectivity index (χ4n) is 1.50. The number of anilines is 1. The van der Waals surface area contributed by atoms with E-state index in [1.54, 1.807) is 18.2 Å². The molecule has 1 N–H and O–H groups in total. The van der Waals surface area contributed by atoms with E-state index in [4.69, 9.17) is 23.2 Å². The molecule has 0 spiro atoms. The Morgan fingerprint density at radius 2 is 2.00 bits per heavy atom. The maximum Gasteiger partial charge on any atom is 0.251 e. The first-order valence-corrected chi connectivity index (χ1v) is 6.79. The van der Waals surface area contributed by atoms with Crippen molar-refractivity contribution in [2.45, 2.75) is 33.1 Å². The molecule has 98 valence electrons. The summed E-state index contributed by atoms with van der Waals surface area (Å²) >= 11 is 11.7. The Hall–Kier alpha value is -0.990. The third-order valence-corrected chi connectivity index (χ3v) is 3.27. The van der Waals surface area contributed by atoms with Crippen molar-refractivity contribution in [3.8, 4) is 0 Å². The number of amides is 1. The highest BCUT2D eigenvalue weighted by molar-refractivity contribution is 6.42. The van der Waals surface area contributed by atoms with E-state index in [9.17, 15) is 4.79 Å². The summed E-state index contributed by atoms with van der Waals surface area (Å²) in [6, 6.07) is 5.05. The molecule has 0 radical (unpaired) electrons. The van der Waals surface area contributed by atoms with Crippen molar-refractivity contribution in [2.75, 3.05) is 5.32 Å². The molecule has 0 aliphatic carbocycles. The molecule has 18 heavy (non-hydrogen) atoms. The summed E-state index contributed by atoms with van der Waals surface area (Å²) in [5.74, 6) is -0.0793. The Bertz CT molecular complexity index is 455. The van der Waals surface area contributed by atoms with Crippen LogP contribution in [-0.2, 0) is 4.79 Å². The van der Waals surface area contributed by atoms with Gasteiger partial charge in [0.15, 0.2) is 0 Å². The number of halogens is 2. The summed E-state index contributed by atoms with van der Waals surface area (Å²) in [4.78, 5) is 12.0. The first-order valence-electron chi connectivity index (χ1n) is 6.03. The molecular formula is C14H17Cl2NO. The minimum atomic E-state index is -0.0793. The molecule has 0 atom stereocenters. The fourth-order valence-corrected chi connectivity index (χ4v) is 1.80. The standard InChI is InChI=1S/C14H17Cl2NO/c1-3-5-6-10(4-2)14(18)17-11-7-8-12(15)13(16)9-11/h6-9H,3-5H2,1-2H3,(H,17,18)/b10-6+. The number of carbonyl (C=O) groups is 1. The zero-order valence-electron chi connectivity index (χ0n) is 10.6. The molecule has 2 nitrogen and oxygen atoms in total. The average Bonchev–Trinajstić information content (AvgIpc) is 2.35. The summed E-state index contributed by atoms with van der Waals surface area (Å²) in [6.45, 7) is 4.05. The second kappa shape index (κ2) is 7.45. The van der Waals surface area contributed by atoms with E-state index in [0.717, 1.165) is 18.4 Å². The molecule has 0 saturated carbocycles. The van der Waals surface area contributed by atoms with Gasteiger partial charge < -0.3 is 5.32 Å². The van der Waals surface area contributed by atoms with E-state index >= 15 is 0 Å². The lowest BCUT2D eigenvalue weighted by Crippen LogP contribution is -2.14. The molecule has 0 fully saturated rings. The number of hydrogen-bond acceptors (Lipinski definition) is 1. The molecule has 1 aromatic carbocycles. The van der Waals surface area contributed by atoms with Crippen LogP contribution < -0.4 is 5.32 Å². The lowest BCUT2D eigenvalue weighted by Gasteiger charge is -2.08. The highest BCUT2D eigenvalue weighted by Crippen LogP contribution is 2.25. The van der Waals surface area contributed by atoms with E-state index in [1.165, 1.54) is 0 Å². The average molecular weight is 286 g/mol. The van der Waals surface area contributed by atoms with Crippen molar-refractivity contribution in [2.24, 2.45) is 0 Å². The van der Waals surface area contributed by atoms with Gasteiger partial charge in [0.1, 0.15) is 0 Å². The van der Waals surface area contributed by atoms with Gasteiger partial charge in [-0.25, -0.2) is 0 Å². The molecule has 0 bridgehead atoms. The van der Waals surface area contributed by atoms with Crippen molar-refractivity contribution in [3.63, 3.8) is 0 Å². The van der Waals surface area contributed by atoms with Crippen LogP contribution >= 0.6 is 23.2 Å². The molecule has 1 amide bonds. The number of nitrogens with one attached hydrogen (secondary N) is 1. The van der Waals surface area contributed by atoms with Gasteiger partial charge in [-0.3, -0.25) is 4.79 Å². The summed E-state index contributed by atoms with van der Waals surface area (Å²) < 4.78 is 0. The quantitative estimate of drug-likeness (QED) is 0.752. The minimum Gasteiger partial charge on any atom is -0.322 e. The Kier molecular flexibility index (Phi) is 6.23. The van der Waals surface area contributed by atoms with Crippen molar-refractivity contribution in [3.05, 3.63) is 39.9 Å². The summed E-state index contributed by atoms with van der Waals surface area (Å²) in [7, 11) is 0. The molecule has 1 aromatic rings. The van der Waals surface area contributed by atoms with Gasteiger partial charge >= 0.3 is 0 Å². The van der Waals surface area contributed by atoms with Gasteiger partial charge in [0.05, 0.1) is 10.0 Å². The number of carbonyl (C=O) groups excluding carboxylic acids is 1. The van der Waals surface area contributed by atoms with E-state index in [2.05, 4.69) is 12.2 Å². The van der Waals surface area contributed by atoms with E-state index in [0.29, 0.717) is 22.2 Å². The first-order chi connectivity index (χ1) is 8.58. The molecule has 4 heteroatoms. The summed E-state index contributed by atoms with van der Waals surface area (Å²) in [5.41, 5.74) is 1.45. The molecular weight excluding hydrogens is 269 g/mol. The Morgan fingerprint density at radius 3 is 2.56 bits per heavy atom. The van der Waals surface area contributed by atoms with Crippen LogP contribution in [0, 0.1) is 0 Å².